The summed E-state index contributed by atoms with van der Waals surface area (Å²) in [6.07, 6.45) is -0.195. The van der Waals surface area contributed by atoms with E-state index in [4.69, 9.17) is 10.5 Å². The Morgan fingerprint density at radius 3 is 2.65 bits per heavy atom. The SMILES string of the molecule is CC(C)(C)OC(=O)N1CCN2CC(CN)C2C1. The van der Waals surface area contributed by atoms with Crippen LogP contribution in [-0.4, -0.2) is 60.3 Å². The van der Waals surface area contributed by atoms with Crippen LogP contribution in [0.5, 0.6) is 0 Å². The van der Waals surface area contributed by atoms with E-state index in [1.165, 1.54) is 0 Å². The maximum atomic E-state index is 11.9. The van der Waals surface area contributed by atoms with E-state index in [9.17, 15) is 4.79 Å². The summed E-state index contributed by atoms with van der Waals surface area (Å²) in [5.74, 6) is 0.542. The molecule has 0 aromatic carbocycles. The van der Waals surface area contributed by atoms with E-state index in [0.29, 0.717) is 18.5 Å². The number of carbonyl (C=O) groups is 1. The molecule has 2 heterocycles. The van der Waals surface area contributed by atoms with E-state index in [-0.39, 0.29) is 6.09 Å². The normalized spacial score (nSPS) is 29.5. The molecule has 2 unspecified atom stereocenters. The third-order valence-corrected chi connectivity index (χ3v) is 3.50. The molecule has 2 fully saturated rings. The highest BCUT2D eigenvalue weighted by Crippen LogP contribution is 2.28. The van der Waals surface area contributed by atoms with Crippen LogP contribution in [0.2, 0.25) is 0 Å². The fourth-order valence-electron chi connectivity index (χ4n) is 2.53. The lowest BCUT2D eigenvalue weighted by Crippen LogP contribution is -2.68. The number of amides is 1. The summed E-state index contributed by atoms with van der Waals surface area (Å²) < 4.78 is 5.39. The quantitative estimate of drug-likeness (QED) is 0.726. The van der Waals surface area contributed by atoms with Gasteiger partial charge in [-0.3, -0.25) is 4.90 Å². The minimum atomic E-state index is -0.416. The lowest BCUT2D eigenvalue weighted by molar-refractivity contribution is -0.0511. The number of nitrogens with two attached hydrogens (primary N) is 1. The number of carbonyl (C=O) groups excluding carboxylic acids is 1. The Kier molecular flexibility index (Phi) is 3.32. The van der Waals surface area contributed by atoms with Gasteiger partial charge in [0.2, 0.25) is 0 Å². The van der Waals surface area contributed by atoms with Crippen LogP contribution in [0.4, 0.5) is 4.79 Å². The van der Waals surface area contributed by atoms with Crippen LogP contribution in [-0.2, 0) is 4.74 Å². The van der Waals surface area contributed by atoms with Crippen molar-refractivity contribution in [2.24, 2.45) is 11.7 Å². The van der Waals surface area contributed by atoms with Crippen molar-refractivity contribution < 1.29 is 9.53 Å². The van der Waals surface area contributed by atoms with Crippen molar-refractivity contribution >= 4 is 6.09 Å². The van der Waals surface area contributed by atoms with E-state index in [1.54, 1.807) is 0 Å². The molecule has 0 aromatic rings. The Morgan fingerprint density at radius 2 is 2.06 bits per heavy atom. The highest BCUT2D eigenvalue weighted by molar-refractivity contribution is 5.68. The highest BCUT2D eigenvalue weighted by Gasteiger charge is 2.43. The summed E-state index contributed by atoms with van der Waals surface area (Å²) in [6, 6.07) is 0.446. The van der Waals surface area contributed by atoms with Gasteiger partial charge < -0.3 is 15.4 Å². The molecular weight excluding hydrogens is 218 g/mol. The molecule has 5 nitrogen and oxygen atoms in total. The zero-order chi connectivity index (χ0) is 12.6. The standard InChI is InChI=1S/C12H23N3O2/c1-12(2,3)17-11(16)15-5-4-14-7-9(6-13)10(14)8-15/h9-10H,4-8,13H2,1-3H3. The number of rotatable bonds is 1. The number of piperazine rings is 1. The molecule has 2 atom stereocenters. The third kappa shape index (κ3) is 2.72. The van der Waals surface area contributed by atoms with Gasteiger partial charge in [-0.1, -0.05) is 0 Å². The third-order valence-electron chi connectivity index (χ3n) is 3.50. The molecule has 0 radical (unpaired) electrons. The number of hydrogen-bond donors (Lipinski definition) is 1. The Bertz CT molecular complexity index is 297. The first-order chi connectivity index (χ1) is 7.90. The first-order valence-electron chi connectivity index (χ1n) is 6.33. The maximum Gasteiger partial charge on any atom is 0.410 e. The van der Waals surface area contributed by atoms with Gasteiger partial charge in [0.05, 0.1) is 0 Å². The molecule has 0 bridgehead atoms. The Hall–Kier alpha value is -0.810. The summed E-state index contributed by atoms with van der Waals surface area (Å²) in [6.45, 7) is 9.96. The van der Waals surface area contributed by atoms with Crippen molar-refractivity contribution in [2.75, 3.05) is 32.7 Å². The van der Waals surface area contributed by atoms with Gasteiger partial charge >= 0.3 is 6.09 Å². The van der Waals surface area contributed by atoms with Crippen molar-refractivity contribution in [3.05, 3.63) is 0 Å². The summed E-state index contributed by atoms with van der Waals surface area (Å²) >= 11 is 0. The van der Waals surface area contributed by atoms with Crippen molar-refractivity contribution in [1.29, 1.82) is 0 Å². The second-order valence-electron chi connectivity index (χ2n) is 5.98. The zero-order valence-corrected chi connectivity index (χ0v) is 11.0. The fraction of sp³-hybridized carbons (Fsp3) is 0.917. The van der Waals surface area contributed by atoms with Gasteiger partial charge in [-0.05, 0) is 27.3 Å². The van der Waals surface area contributed by atoms with Crippen molar-refractivity contribution in [1.82, 2.24) is 9.80 Å². The van der Waals surface area contributed by atoms with Crippen molar-refractivity contribution in [3.8, 4) is 0 Å². The van der Waals surface area contributed by atoms with Crippen LogP contribution >= 0.6 is 0 Å². The van der Waals surface area contributed by atoms with Crippen LogP contribution in [0.3, 0.4) is 0 Å². The molecule has 1 amide bonds. The first kappa shape index (κ1) is 12.6. The van der Waals surface area contributed by atoms with Gasteiger partial charge in [0.15, 0.2) is 0 Å². The average Bonchev–Trinajstić information content (AvgIpc) is 2.17. The van der Waals surface area contributed by atoms with Crippen LogP contribution < -0.4 is 5.73 Å². The molecule has 0 saturated carbocycles. The first-order valence-corrected chi connectivity index (χ1v) is 6.33. The van der Waals surface area contributed by atoms with E-state index in [2.05, 4.69) is 4.90 Å². The molecule has 2 aliphatic rings. The Morgan fingerprint density at radius 1 is 1.35 bits per heavy atom. The number of ether oxygens (including phenoxy) is 1. The monoisotopic (exact) mass is 241 g/mol. The second kappa shape index (κ2) is 4.46. The Balaban J connectivity index is 1.88. The largest absolute Gasteiger partial charge is 0.444 e. The molecule has 2 rings (SSSR count). The highest BCUT2D eigenvalue weighted by atomic mass is 16.6. The molecule has 17 heavy (non-hydrogen) atoms. The lowest BCUT2D eigenvalue weighted by atomic mass is 9.86. The Labute approximate surface area is 103 Å². The van der Waals surface area contributed by atoms with E-state index < -0.39 is 5.60 Å². The van der Waals surface area contributed by atoms with Gasteiger partial charge in [0, 0.05) is 38.1 Å². The maximum absolute atomic E-state index is 11.9. The summed E-state index contributed by atoms with van der Waals surface area (Å²) in [5, 5.41) is 0. The molecular formula is C12H23N3O2. The molecule has 2 N–H and O–H groups in total. The molecule has 2 aliphatic heterocycles. The summed E-state index contributed by atoms with van der Waals surface area (Å²) in [4.78, 5) is 16.2. The van der Waals surface area contributed by atoms with E-state index in [1.807, 2.05) is 25.7 Å². The summed E-state index contributed by atoms with van der Waals surface area (Å²) in [5.41, 5.74) is 5.29. The fourth-order valence-corrected chi connectivity index (χ4v) is 2.53. The predicted molar refractivity (Wildman–Crippen MR) is 65.7 cm³/mol. The van der Waals surface area contributed by atoms with Gasteiger partial charge in [-0.25, -0.2) is 4.79 Å². The average molecular weight is 241 g/mol. The molecule has 0 aromatic heterocycles. The minimum Gasteiger partial charge on any atom is -0.444 e. The number of hydrogen-bond acceptors (Lipinski definition) is 4. The summed E-state index contributed by atoms with van der Waals surface area (Å²) in [7, 11) is 0. The molecule has 98 valence electrons. The molecule has 2 saturated heterocycles. The second-order valence-corrected chi connectivity index (χ2v) is 5.98. The van der Waals surface area contributed by atoms with Gasteiger partial charge in [0.25, 0.3) is 0 Å². The lowest BCUT2D eigenvalue weighted by Gasteiger charge is -2.53. The van der Waals surface area contributed by atoms with Crippen LogP contribution in [0, 0.1) is 5.92 Å². The number of nitrogens with zero attached hydrogens (tertiary/aromatic N) is 2. The van der Waals surface area contributed by atoms with Crippen LogP contribution in [0.25, 0.3) is 0 Å². The molecule has 5 heteroatoms. The smallest absolute Gasteiger partial charge is 0.410 e. The topological polar surface area (TPSA) is 58.8 Å². The van der Waals surface area contributed by atoms with Crippen molar-refractivity contribution in [3.63, 3.8) is 0 Å². The van der Waals surface area contributed by atoms with Gasteiger partial charge in [-0.15, -0.1) is 0 Å². The van der Waals surface area contributed by atoms with Gasteiger partial charge in [-0.2, -0.15) is 0 Å². The van der Waals surface area contributed by atoms with Crippen LogP contribution in [0.15, 0.2) is 0 Å². The molecule has 0 spiro atoms. The van der Waals surface area contributed by atoms with Gasteiger partial charge in [0.1, 0.15) is 5.60 Å². The zero-order valence-electron chi connectivity index (χ0n) is 11.0. The molecule has 0 aliphatic carbocycles. The van der Waals surface area contributed by atoms with Crippen molar-refractivity contribution in [2.45, 2.75) is 32.4 Å². The predicted octanol–water partition coefficient (Wildman–Crippen LogP) is 0.496. The van der Waals surface area contributed by atoms with E-state index >= 15 is 0 Å². The number of fused-ring (bicyclic) bond motifs is 1. The van der Waals surface area contributed by atoms with Crippen LogP contribution in [0.1, 0.15) is 20.8 Å². The minimum absolute atomic E-state index is 0.195. The van der Waals surface area contributed by atoms with E-state index in [0.717, 1.165) is 26.2 Å².